The second-order valence-corrected chi connectivity index (χ2v) is 18.4. The zero-order valence-electron chi connectivity index (χ0n) is 31.4. The summed E-state index contributed by atoms with van der Waals surface area (Å²) in [5.74, 6) is 4.61. The van der Waals surface area contributed by atoms with Crippen molar-refractivity contribution in [1.29, 1.82) is 0 Å². The van der Waals surface area contributed by atoms with Crippen LogP contribution in [0.25, 0.3) is 0 Å². The average molecular weight is 729 g/mol. The summed E-state index contributed by atoms with van der Waals surface area (Å²) in [4.78, 5) is 0. The van der Waals surface area contributed by atoms with Gasteiger partial charge in [0.25, 0.3) is 0 Å². The Kier molecular flexibility index (Phi) is 12.6. The van der Waals surface area contributed by atoms with Crippen LogP contribution >= 0.6 is 0 Å². The quantitative estimate of drug-likeness (QED) is 0.145. The Morgan fingerprint density at radius 1 is 0.686 bits per heavy atom. The van der Waals surface area contributed by atoms with E-state index in [-0.39, 0.29) is 5.41 Å². The van der Waals surface area contributed by atoms with Gasteiger partial charge in [0.15, 0.2) is 12.6 Å². The number of aliphatic hydroxyl groups excluding tert-OH is 8. The highest BCUT2D eigenvalue weighted by molar-refractivity contribution is 5.11. The summed E-state index contributed by atoms with van der Waals surface area (Å²) in [5, 5.41) is 84.3. The van der Waals surface area contributed by atoms with E-state index in [4.69, 9.17) is 18.9 Å². The van der Waals surface area contributed by atoms with Crippen molar-refractivity contribution in [2.75, 3.05) is 13.2 Å². The highest BCUT2D eigenvalue weighted by Crippen LogP contribution is 2.68. The van der Waals surface area contributed by atoms with E-state index >= 15 is 0 Å². The fourth-order valence-electron chi connectivity index (χ4n) is 12.3. The number of rotatable bonds is 11. The third kappa shape index (κ3) is 7.45. The molecule has 0 aromatic carbocycles. The van der Waals surface area contributed by atoms with E-state index in [0.29, 0.717) is 36.0 Å². The van der Waals surface area contributed by atoms with Gasteiger partial charge in [-0.25, -0.2) is 0 Å². The first-order chi connectivity index (χ1) is 24.1. The van der Waals surface area contributed by atoms with Gasteiger partial charge in [0.1, 0.15) is 48.8 Å². The van der Waals surface area contributed by atoms with Crippen LogP contribution in [0.2, 0.25) is 0 Å². The number of hydrogen-bond donors (Lipinski definition) is 8. The lowest BCUT2D eigenvalue weighted by Gasteiger charge is -2.62. The molecule has 6 rings (SSSR count). The Morgan fingerprint density at radius 3 is 2.02 bits per heavy atom. The average Bonchev–Trinajstić information content (AvgIpc) is 3.45. The van der Waals surface area contributed by atoms with E-state index in [1.165, 1.54) is 51.4 Å². The minimum absolute atomic E-state index is 0.0198. The van der Waals surface area contributed by atoms with Crippen LogP contribution in [0.3, 0.4) is 0 Å². The highest BCUT2D eigenvalue weighted by Gasteiger charge is 2.62. The van der Waals surface area contributed by atoms with Gasteiger partial charge in [0.2, 0.25) is 0 Å². The van der Waals surface area contributed by atoms with Crippen molar-refractivity contribution in [1.82, 2.24) is 0 Å². The van der Waals surface area contributed by atoms with Crippen molar-refractivity contribution in [2.45, 2.75) is 179 Å². The van der Waals surface area contributed by atoms with Crippen LogP contribution in [0.5, 0.6) is 0 Å². The van der Waals surface area contributed by atoms with Crippen LogP contribution in [0, 0.1) is 52.3 Å². The molecule has 4 aliphatic carbocycles. The molecule has 6 fully saturated rings. The van der Waals surface area contributed by atoms with Crippen LogP contribution in [0.4, 0.5) is 0 Å². The maximum atomic E-state index is 11.6. The SMILES string of the molecule is CC(C)CCC[C@@H](C)[C@H]1CC[C@H]2[C@@H]3CC[C@H]4C[C@@H](O[C@@H]5O[C@H](CO)[C@@H](O[C@@H]6O[C@H](CO)[C@@H](O)[C@H](O)[C@H]6O)[C@H](O)[C@H]5O)[C@H](O)C[C@]4(C)[C@H]3CC[C@]12C. The first-order valence-corrected chi connectivity index (χ1v) is 20.1. The van der Waals surface area contributed by atoms with Crippen molar-refractivity contribution in [3.8, 4) is 0 Å². The van der Waals surface area contributed by atoms with Crippen molar-refractivity contribution < 1.29 is 59.8 Å². The minimum atomic E-state index is -1.74. The van der Waals surface area contributed by atoms with Crippen molar-refractivity contribution in [2.24, 2.45) is 52.3 Å². The van der Waals surface area contributed by atoms with E-state index in [9.17, 15) is 40.9 Å². The lowest BCUT2D eigenvalue weighted by atomic mass is 9.44. The summed E-state index contributed by atoms with van der Waals surface area (Å²) in [5.41, 5.74) is 0.372. The molecule has 0 unspecified atom stereocenters. The molecule has 2 heterocycles. The van der Waals surface area contributed by atoms with Gasteiger partial charge in [-0.2, -0.15) is 0 Å². The first kappa shape index (κ1) is 40.2. The third-order valence-corrected chi connectivity index (χ3v) is 15.1. The van der Waals surface area contributed by atoms with Gasteiger partial charge in [0, 0.05) is 0 Å². The number of ether oxygens (including phenoxy) is 4. The number of fused-ring (bicyclic) bond motifs is 5. The van der Waals surface area contributed by atoms with Gasteiger partial charge >= 0.3 is 0 Å². The van der Waals surface area contributed by atoms with E-state index in [0.717, 1.165) is 30.1 Å². The highest BCUT2D eigenvalue weighted by atomic mass is 16.7. The molecule has 0 aromatic heterocycles. The predicted octanol–water partition coefficient (Wildman–Crippen LogP) is 2.09. The molecule has 0 amide bonds. The summed E-state index contributed by atoms with van der Waals surface area (Å²) in [6, 6.07) is 0. The fourth-order valence-corrected chi connectivity index (χ4v) is 12.3. The topological polar surface area (TPSA) is 199 Å². The zero-order valence-corrected chi connectivity index (χ0v) is 31.4. The Morgan fingerprint density at radius 2 is 1.33 bits per heavy atom. The molecule has 20 atom stereocenters. The van der Waals surface area contributed by atoms with E-state index in [1.54, 1.807) is 0 Å². The molecule has 12 nitrogen and oxygen atoms in total. The van der Waals surface area contributed by atoms with Crippen molar-refractivity contribution in [3.05, 3.63) is 0 Å². The van der Waals surface area contributed by atoms with Crippen molar-refractivity contribution >= 4 is 0 Å². The monoisotopic (exact) mass is 728 g/mol. The van der Waals surface area contributed by atoms with Crippen LogP contribution in [-0.2, 0) is 18.9 Å². The van der Waals surface area contributed by atoms with E-state index < -0.39 is 86.8 Å². The van der Waals surface area contributed by atoms with E-state index in [2.05, 4.69) is 34.6 Å². The second kappa shape index (κ2) is 15.9. The molecule has 6 aliphatic rings. The normalized spacial score (nSPS) is 52.2. The minimum Gasteiger partial charge on any atom is -0.394 e. The third-order valence-electron chi connectivity index (χ3n) is 15.1. The Labute approximate surface area is 303 Å². The molecule has 0 spiro atoms. The summed E-state index contributed by atoms with van der Waals surface area (Å²) in [7, 11) is 0. The number of hydrogen-bond acceptors (Lipinski definition) is 12. The largest absolute Gasteiger partial charge is 0.394 e. The first-order valence-electron chi connectivity index (χ1n) is 20.1. The summed E-state index contributed by atoms with van der Waals surface area (Å²) < 4.78 is 23.3. The summed E-state index contributed by atoms with van der Waals surface area (Å²) in [6.07, 6.45) is -4.04. The molecular weight excluding hydrogens is 660 g/mol. The molecule has 4 saturated carbocycles. The Hall–Kier alpha value is -0.480. The maximum Gasteiger partial charge on any atom is 0.187 e. The Balaban J connectivity index is 1.08. The van der Waals surface area contributed by atoms with Gasteiger partial charge in [-0.1, -0.05) is 53.9 Å². The summed E-state index contributed by atoms with van der Waals surface area (Å²) in [6.45, 7) is 10.8. The van der Waals surface area contributed by atoms with Crippen LogP contribution in [-0.4, -0.2) is 128 Å². The molecule has 0 aromatic rings. The van der Waals surface area contributed by atoms with Crippen LogP contribution in [0.15, 0.2) is 0 Å². The standard InChI is InChI=1S/C39H68O12/c1-19(2)7-6-8-20(3)23-11-12-24-22-10-9-21-15-27(26(42)16-39(21,5)25(22)13-14-38(23,24)4)48-36-34(47)32(45)35(29(18-41)50-36)51-37-33(46)31(44)30(43)28(17-40)49-37/h19-37,40-47H,6-18H2,1-5H3/t20-,21+,22+,23-,24+,25+,26-,27-,28-,29-,30-,31+,32-,33-,34-,35-,36-,37+,38-,39+/m1/s1. The molecule has 0 radical (unpaired) electrons. The van der Waals surface area contributed by atoms with Crippen LogP contribution in [0.1, 0.15) is 105 Å². The molecule has 0 bridgehead atoms. The predicted molar refractivity (Wildman–Crippen MR) is 186 cm³/mol. The van der Waals surface area contributed by atoms with E-state index in [1.807, 2.05) is 0 Å². The van der Waals surface area contributed by atoms with Gasteiger partial charge in [0.05, 0.1) is 25.4 Å². The summed E-state index contributed by atoms with van der Waals surface area (Å²) >= 11 is 0. The van der Waals surface area contributed by atoms with Gasteiger partial charge < -0.3 is 59.8 Å². The molecule has 296 valence electrons. The zero-order chi connectivity index (χ0) is 37.0. The van der Waals surface area contributed by atoms with Crippen molar-refractivity contribution in [3.63, 3.8) is 0 Å². The smallest absolute Gasteiger partial charge is 0.187 e. The lowest BCUT2D eigenvalue weighted by molar-refractivity contribution is -0.366. The van der Waals surface area contributed by atoms with Gasteiger partial charge in [-0.05, 0) is 104 Å². The lowest BCUT2D eigenvalue weighted by Crippen LogP contribution is -2.65. The molecule has 8 N–H and O–H groups in total. The molecule has 51 heavy (non-hydrogen) atoms. The molecular formula is C39H68O12. The van der Waals surface area contributed by atoms with Gasteiger partial charge in [-0.15, -0.1) is 0 Å². The Bertz CT molecular complexity index is 1140. The van der Waals surface area contributed by atoms with Gasteiger partial charge in [-0.3, -0.25) is 0 Å². The molecule has 2 aliphatic heterocycles. The molecule has 2 saturated heterocycles. The molecule has 12 heteroatoms. The fraction of sp³-hybridized carbons (Fsp3) is 1.00. The number of aliphatic hydroxyl groups is 8. The van der Waals surface area contributed by atoms with Crippen LogP contribution < -0.4 is 0 Å². The maximum absolute atomic E-state index is 11.6. The second-order valence-electron chi connectivity index (χ2n) is 18.4.